The molecule has 2 unspecified atom stereocenters. The second-order valence-electron chi connectivity index (χ2n) is 9.62. The van der Waals surface area contributed by atoms with Crippen LogP contribution in [-0.2, 0) is 26.8 Å². The highest BCUT2D eigenvalue weighted by Gasteiger charge is 2.44. The molecular formula is C24H31FN2O4S. The van der Waals surface area contributed by atoms with Gasteiger partial charge in [0.05, 0.1) is 24.6 Å². The zero-order valence-electron chi connectivity index (χ0n) is 19.1. The summed E-state index contributed by atoms with van der Waals surface area (Å²) >= 11 is 0. The maximum Gasteiger partial charge on any atom is 0.229 e. The minimum Gasteiger partial charge on any atom is -0.392 e. The minimum atomic E-state index is -3.47. The van der Waals surface area contributed by atoms with Crippen LogP contribution in [0.1, 0.15) is 68.3 Å². The van der Waals surface area contributed by atoms with Gasteiger partial charge in [-0.15, -0.1) is 0 Å². The van der Waals surface area contributed by atoms with Gasteiger partial charge >= 0.3 is 0 Å². The predicted molar refractivity (Wildman–Crippen MR) is 123 cm³/mol. The molecule has 0 radical (unpaired) electrons. The van der Waals surface area contributed by atoms with Gasteiger partial charge in [0, 0.05) is 11.5 Å². The predicted octanol–water partition coefficient (Wildman–Crippen LogP) is 3.97. The summed E-state index contributed by atoms with van der Waals surface area (Å²) < 4.78 is 39.9. The molecule has 1 amide bonds. The molecular weight excluding hydrogens is 431 g/mol. The number of hydrogen-bond acceptors (Lipinski definition) is 4. The van der Waals surface area contributed by atoms with Crippen molar-refractivity contribution in [3.8, 4) is 0 Å². The van der Waals surface area contributed by atoms with Crippen LogP contribution in [0, 0.1) is 11.7 Å². The third-order valence-corrected chi connectivity index (χ3v) is 6.40. The van der Waals surface area contributed by atoms with E-state index in [0.717, 1.165) is 17.4 Å². The van der Waals surface area contributed by atoms with E-state index in [9.17, 15) is 22.7 Å². The van der Waals surface area contributed by atoms with Gasteiger partial charge in [0.15, 0.2) is 0 Å². The monoisotopic (exact) mass is 462 g/mol. The topological polar surface area (TPSA) is 95.5 Å². The summed E-state index contributed by atoms with van der Waals surface area (Å²) in [5, 5.41) is 12.6. The summed E-state index contributed by atoms with van der Waals surface area (Å²) in [5.74, 6) is -0.554. The van der Waals surface area contributed by atoms with Crippen molar-refractivity contribution in [2.75, 3.05) is 11.0 Å². The molecule has 3 atom stereocenters. The lowest BCUT2D eigenvalue weighted by atomic mass is 9.86. The van der Waals surface area contributed by atoms with Crippen LogP contribution in [0.3, 0.4) is 0 Å². The maximum atomic E-state index is 14.5. The summed E-state index contributed by atoms with van der Waals surface area (Å²) in [7, 11) is -3.47. The van der Waals surface area contributed by atoms with Crippen LogP contribution in [-0.4, -0.2) is 25.7 Å². The number of carbonyl (C=O) groups is 1. The van der Waals surface area contributed by atoms with Gasteiger partial charge in [-0.05, 0) is 59.6 Å². The zero-order valence-corrected chi connectivity index (χ0v) is 19.9. The molecule has 0 spiro atoms. The smallest absolute Gasteiger partial charge is 0.229 e. The van der Waals surface area contributed by atoms with Crippen LogP contribution in [0.4, 0.5) is 10.1 Å². The van der Waals surface area contributed by atoms with Gasteiger partial charge < -0.3 is 10.4 Å². The number of nitrogens with one attached hydrogen (secondary N) is 2. The number of halogens is 1. The number of sulfonamides is 1. The molecule has 3 N–H and O–H groups in total. The molecule has 0 bridgehead atoms. The van der Waals surface area contributed by atoms with E-state index in [1.54, 1.807) is 24.3 Å². The van der Waals surface area contributed by atoms with Crippen LogP contribution < -0.4 is 10.0 Å². The first-order chi connectivity index (χ1) is 14.8. The summed E-state index contributed by atoms with van der Waals surface area (Å²) in [5.41, 5.74) is 2.69. The quantitative estimate of drug-likeness (QED) is 0.580. The number of rotatable bonds is 7. The molecule has 0 saturated heterocycles. The SMILES string of the molecule is CC(NC(=O)[C@@H]1CC1c1ccc(C(C)(C)C)c(F)c1)c1ccc(NS(C)(=O)=O)c(CO)c1. The Kier molecular flexibility index (Phi) is 6.67. The van der Waals surface area contributed by atoms with Gasteiger partial charge in [-0.1, -0.05) is 39.0 Å². The van der Waals surface area contributed by atoms with Gasteiger partial charge in [0.2, 0.25) is 15.9 Å². The molecule has 3 rings (SSSR count). The Labute approximate surface area is 189 Å². The Balaban J connectivity index is 1.66. The number of carbonyl (C=O) groups excluding carboxylic acids is 1. The van der Waals surface area contributed by atoms with Gasteiger partial charge in [0.25, 0.3) is 0 Å². The first-order valence-electron chi connectivity index (χ1n) is 10.6. The normalized spacial score (nSPS) is 19.3. The first kappa shape index (κ1) is 24.2. The van der Waals surface area contributed by atoms with Crippen LogP contribution in [0.15, 0.2) is 36.4 Å². The standard InChI is InChI=1S/C24H31FN2O4S/c1-14(15-7-9-22(17(10-15)13-28)27-32(5,30)31)26-23(29)19-12-18(19)16-6-8-20(21(25)11-16)24(2,3)4/h6-11,14,18-19,27-28H,12-13H2,1-5H3,(H,26,29)/t14?,18?,19-/m1/s1. The van der Waals surface area contributed by atoms with Crippen molar-refractivity contribution >= 4 is 21.6 Å². The van der Waals surface area contributed by atoms with Crippen molar-refractivity contribution in [2.24, 2.45) is 5.92 Å². The number of anilines is 1. The van der Waals surface area contributed by atoms with E-state index < -0.39 is 10.0 Å². The fraction of sp³-hybridized carbons (Fsp3) is 0.458. The lowest BCUT2D eigenvalue weighted by Crippen LogP contribution is -2.28. The highest BCUT2D eigenvalue weighted by molar-refractivity contribution is 7.92. The van der Waals surface area contributed by atoms with Crippen molar-refractivity contribution < 1.29 is 22.7 Å². The molecule has 6 nitrogen and oxygen atoms in total. The van der Waals surface area contributed by atoms with Crippen LogP contribution in [0.5, 0.6) is 0 Å². The minimum absolute atomic E-state index is 0.0000537. The third kappa shape index (κ3) is 5.66. The summed E-state index contributed by atoms with van der Waals surface area (Å²) in [4.78, 5) is 12.7. The van der Waals surface area contributed by atoms with Crippen molar-refractivity contribution in [3.05, 3.63) is 64.5 Å². The first-order valence-corrected chi connectivity index (χ1v) is 12.5. The number of aliphatic hydroxyl groups excluding tert-OH is 1. The maximum absolute atomic E-state index is 14.5. The van der Waals surface area contributed by atoms with Crippen LogP contribution in [0.2, 0.25) is 0 Å². The average molecular weight is 463 g/mol. The van der Waals surface area contributed by atoms with E-state index in [-0.39, 0.29) is 41.6 Å². The molecule has 1 aliphatic carbocycles. The molecule has 0 aromatic heterocycles. The Morgan fingerprint density at radius 1 is 1.22 bits per heavy atom. The number of amides is 1. The zero-order chi connectivity index (χ0) is 23.8. The lowest BCUT2D eigenvalue weighted by molar-refractivity contribution is -0.123. The molecule has 1 aliphatic rings. The summed E-state index contributed by atoms with van der Waals surface area (Å²) in [6, 6.07) is 9.88. The second-order valence-corrected chi connectivity index (χ2v) is 11.4. The van der Waals surface area contributed by atoms with E-state index in [1.165, 1.54) is 0 Å². The molecule has 1 saturated carbocycles. The molecule has 2 aromatic carbocycles. The van der Waals surface area contributed by atoms with Crippen molar-refractivity contribution in [3.63, 3.8) is 0 Å². The van der Waals surface area contributed by atoms with Crippen molar-refractivity contribution in [2.45, 2.75) is 58.1 Å². The fourth-order valence-electron chi connectivity index (χ4n) is 3.94. The highest BCUT2D eigenvalue weighted by atomic mass is 32.2. The molecule has 174 valence electrons. The van der Waals surface area contributed by atoms with E-state index in [2.05, 4.69) is 10.0 Å². The van der Waals surface area contributed by atoms with Crippen molar-refractivity contribution in [1.29, 1.82) is 0 Å². The van der Waals surface area contributed by atoms with Gasteiger partial charge in [-0.2, -0.15) is 0 Å². The number of hydrogen-bond donors (Lipinski definition) is 3. The molecule has 2 aromatic rings. The summed E-state index contributed by atoms with van der Waals surface area (Å²) in [6.07, 6.45) is 1.71. The van der Waals surface area contributed by atoms with E-state index in [4.69, 9.17) is 0 Å². The molecule has 0 heterocycles. The number of benzene rings is 2. The largest absolute Gasteiger partial charge is 0.392 e. The second kappa shape index (κ2) is 8.83. The van der Waals surface area contributed by atoms with Gasteiger partial charge in [-0.25, -0.2) is 12.8 Å². The highest BCUT2D eigenvalue weighted by Crippen LogP contribution is 2.48. The van der Waals surface area contributed by atoms with E-state index in [0.29, 0.717) is 23.2 Å². The molecule has 32 heavy (non-hydrogen) atoms. The average Bonchev–Trinajstić information content (AvgIpc) is 3.47. The Morgan fingerprint density at radius 2 is 1.91 bits per heavy atom. The lowest BCUT2D eigenvalue weighted by Gasteiger charge is -2.20. The Hall–Kier alpha value is -2.45. The van der Waals surface area contributed by atoms with E-state index in [1.807, 2.05) is 39.8 Å². The Bertz CT molecular complexity index is 1130. The molecule has 1 fully saturated rings. The van der Waals surface area contributed by atoms with Gasteiger partial charge in [0.1, 0.15) is 5.82 Å². The van der Waals surface area contributed by atoms with Crippen LogP contribution in [0.25, 0.3) is 0 Å². The molecule has 0 aliphatic heterocycles. The van der Waals surface area contributed by atoms with Gasteiger partial charge in [-0.3, -0.25) is 9.52 Å². The van der Waals surface area contributed by atoms with Crippen LogP contribution >= 0.6 is 0 Å². The van der Waals surface area contributed by atoms with E-state index >= 15 is 0 Å². The fourth-order valence-corrected chi connectivity index (χ4v) is 4.54. The number of aliphatic hydroxyl groups is 1. The Morgan fingerprint density at radius 3 is 2.47 bits per heavy atom. The summed E-state index contributed by atoms with van der Waals surface area (Å²) in [6.45, 7) is 7.38. The third-order valence-electron chi connectivity index (χ3n) is 5.81. The van der Waals surface area contributed by atoms with Crippen molar-refractivity contribution in [1.82, 2.24) is 5.32 Å². The molecule has 8 heteroatoms.